The number of nitrogens with zero attached hydrogens (tertiary/aromatic N) is 3. The van der Waals surface area contributed by atoms with E-state index in [1.807, 2.05) is 20.8 Å². The van der Waals surface area contributed by atoms with Crippen LogP contribution in [0.25, 0.3) is 11.0 Å². The molecule has 3 aromatic rings. The molecule has 1 aromatic carbocycles. The molecule has 0 amide bonds. The highest BCUT2D eigenvalue weighted by molar-refractivity contribution is 5.74. The second-order valence-electron chi connectivity index (χ2n) is 9.20. The second kappa shape index (κ2) is 7.91. The van der Waals surface area contributed by atoms with E-state index in [1.54, 1.807) is 10.7 Å². The third kappa shape index (κ3) is 4.23. The summed E-state index contributed by atoms with van der Waals surface area (Å²) in [7, 11) is 0. The number of halogens is 3. The lowest BCUT2D eigenvalue weighted by Gasteiger charge is -2.38. The average Bonchev–Trinajstić information content (AvgIpc) is 3.18. The number of hydrogen-bond acceptors (Lipinski definition) is 5. The van der Waals surface area contributed by atoms with E-state index in [9.17, 15) is 18.0 Å². The molecule has 0 saturated carbocycles. The zero-order chi connectivity index (χ0) is 23.1. The van der Waals surface area contributed by atoms with Gasteiger partial charge in [-0.2, -0.15) is 23.3 Å². The zero-order valence-electron chi connectivity index (χ0n) is 18.2. The van der Waals surface area contributed by atoms with Crippen LogP contribution in [-0.4, -0.2) is 39.5 Å². The van der Waals surface area contributed by atoms with Crippen LogP contribution in [0.4, 0.5) is 19.1 Å². The number of ether oxygens (including phenoxy) is 1. The lowest BCUT2D eigenvalue weighted by atomic mass is 9.73. The summed E-state index contributed by atoms with van der Waals surface area (Å²) in [6.45, 7) is 7.06. The lowest BCUT2D eigenvalue weighted by molar-refractivity contribution is -0.137. The monoisotopic (exact) mass is 449 g/mol. The van der Waals surface area contributed by atoms with Gasteiger partial charge in [0.1, 0.15) is 5.39 Å². The molecule has 1 fully saturated rings. The molecule has 1 saturated heterocycles. The van der Waals surface area contributed by atoms with Crippen molar-refractivity contribution in [2.24, 2.45) is 0 Å². The van der Waals surface area contributed by atoms with Crippen molar-refractivity contribution in [1.29, 1.82) is 0 Å². The van der Waals surface area contributed by atoms with Gasteiger partial charge in [-0.15, -0.1) is 0 Å². The molecule has 3 heterocycles. The van der Waals surface area contributed by atoms with Gasteiger partial charge >= 0.3 is 6.18 Å². The summed E-state index contributed by atoms with van der Waals surface area (Å²) in [5.41, 5.74) is -0.928. The molecule has 0 spiro atoms. The molecule has 172 valence electrons. The van der Waals surface area contributed by atoms with Crippen LogP contribution in [0.3, 0.4) is 0 Å². The first kappa shape index (κ1) is 22.3. The van der Waals surface area contributed by atoms with Crippen LogP contribution in [0.5, 0.6) is 0 Å². The Morgan fingerprint density at radius 2 is 1.94 bits per heavy atom. The highest BCUT2D eigenvalue weighted by atomic mass is 19.4. The van der Waals surface area contributed by atoms with Crippen LogP contribution >= 0.6 is 0 Å². The first-order valence-corrected chi connectivity index (χ1v) is 10.5. The van der Waals surface area contributed by atoms with Crippen LogP contribution < -0.4 is 10.9 Å². The van der Waals surface area contributed by atoms with Crippen molar-refractivity contribution >= 4 is 17.0 Å². The summed E-state index contributed by atoms with van der Waals surface area (Å²) in [4.78, 5) is 19.8. The van der Waals surface area contributed by atoms with Crippen molar-refractivity contribution in [3.05, 3.63) is 51.9 Å². The third-order valence-electron chi connectivity index (χ3n) is 5.92. The summed E-state index contributed by atoms with van der Waals surface area (Å²) < 4.78 is 47.1. The molecule has 4 rings (SSSR count). The van der Waals surface area contributed by atoms with E-state index in [-0.39, 0.29) is 17.0 Å². The average molecular weight is 449 g/mol. The molecular formula is C22H26F3N5O2. The molecule has 0 radical (unpaired) electrons. The third-order valence-corrected chi connectivity index (χ3v) is 5.92. The van der Waals surface area contributed by atoms with Crippen molar-refractivity contribution in [2.75, 3.05) is 25.1 Å². The molecule has 0 atom stereocenters. The van der Waals surface area contributed by atoms with Gasteiger partial charge in [0, 0.05) is 25.2 Å². The number of aromatic amines is 1. The Hall–Kier alpha value is -2.88. The molecule has 32 heavy (non-hydrogen) atoms. The van der Waals surface area contributed by atoms with Crippen molar-refractivity contribution in [2.45, 2.75) is 50.7 Å². The van der Waals surface area contributed by atoms with Gasteiger partial charge in [-0.3, -0.25) is 9.78 Å². The standard InChI is InChI=1S/C22H26F3N5O2/c1-20(2,3)30-17-16(12-27-30)18(31)29-19(28-17)26-13-21(7-9-32-10-8-21)14-5-4-6-15(11-14)22(23,24)25/h4-6,11-12H,7-10,13H2,1-3H3,(H2,26,28,29,31). The first-order chi connectivity index (χ1) is 15.0. The number of aromatic nitrogens is 4. The van der Waals surface area contributed by atoms with E-state index in [4.69, 9.17) is 4.74 Å². The molecule has 1 aliphatic heterocycles. The Labute approximate surface area is 183 Å². The van der Waals surface area contributed by atoms with Crippen LogP contribution in [0.15, 0.2) is 35.3 Å². The van der Waals surface area contributed by atoms with Gasteiger partial charge in [-0.1, -0.05) is 18.2 Å². The van der Waals surface area contributed by atoms with Crippen molar-refractivity contribution < 1.29 is 17.9 Å². The van der Waals surface area contributed by atoms with Gasteiger partial charge in [0.2, 0.25) is 5.95 Å². The van der Waals surface area contributed by atoms with E-state index in [2.05, 4.69) is 20.4 Å². The summed E-state index contributed by atoms with van der Waals surface area (Å²) in [5.74, 6) is 0.256. The summed E-state index contributed by atoms with van der Waals surface area (Å²) in [5, 5.41) is 7.84. The zero-order valence-corrected chi connectivity index (χ0v) is 18.2. The number of fused-ring (bicyclic) bond motifs is 1. The van der Waals surface area contributed by atoms with E-state index >= 15 is 0 Å². The van der Waals surface area contributed by atoms with E-state index in [0.717, 1.165) is 6.07 Å². The SMILES string of the molecule is CC(C)(C)n1ncc2c(=O)[nH]c(NCC3(c4cccc(C(F)(F)F)c4)CCOCC3)nc21. The van der Waals surface area contributed by atoms with Gasteiger partial charge < -0.3 is 10.1 Å². The van der Waals surface area contributed by atoms with Crippen molar-refractivity contribution in [3.63, 3.8) is 0 Å². The highest BCUT2D eigenvalue weighted by Gasteiger charge is 2.37. The maximum absolute atomic E-state index is 13.3. The predicted octanol–water partition coefficient (Wildman–Crippen LogP) is 4.05. The number of nitrogens with one attached hydrogen (secondary N) is 2. The number of H-pyrrole nitrogens is 1. The fourth-order valence-corrected chi connectivity index (χ4v) is 4.10. The molecular weight excluding hydrogens is 423 g/mol. The number of benzene rings is 1. The molecule has 0 bridgehead atoms. The van der Waals surface area contributed by atoms with Crippen LogP contribution in [0.2, 0.25) is 0 Å². The van der Waals surface area contributed by atoms with E-state index in [1.165, 1.54) is 18.3 Å². The van der Waals surface area contributed by atoms with Gasteiger partial charge in [-0.25, -0.2) is 4.68 Å². The minimum Gasteiger partial charge on any atom is -0.381 e. The maximum Gasteiger partial charge on any atom is 0.416 e. The lowest BCUT2D eigenvalue weighted by Crippen LogP contribution is -2.40. The summed E-state index contributed by atoms with van der Waals surface area (Å²) in [6, 6.07) is 5.44. The van der Waals surface area contributed by atoms with Gasteiger partial charge in [0.25, 0.3) is 5.56 Å². The minimum absolute atomic E-state index is 0.256. The Kier molecular flexibility index (Phi) is 5.52. The fourth-order valence-electron chi connectivity index (χ4n) is 4.10. The maximum atomic E-state index is 13.3. The molecule has 1 aliphatic rings. The van der Waals surface area contributed by atoms with Crippen molar-refractivity contribution in [3.8, 4) is 0 Å². The topological polar surface area (TPSA) is 84.8 Å². The Morgan fingerprint density at radius 1 is 1.22 bits per heavy atom. The molecule has 2 aromatic heterocycles. The number of anilines is 1. The van der Waals surface area contributed by atoms with Gasteiger partial charge in [0.15, 0.2) is 5.65 Å². The first-order valence-electron chi connectivity index (χ1n) is 10.5. The molecule has 2 N–H and O–H groups in total. The second-order valence-corrected chi connectivity index (χ2v) is 9.20. The Bertz CT molecular complexity index is 1170. The molecule has 10 heteroatoms. The Morgan fingerprint density at radius 3 is 2.59 bits per heavy atom. The van der Waals surface area contributed by atoms with Crippen LogP contribution in [0.1, 0.15) is 44.7 Å². The van der Waals surface area contributed by atoms with E-state index < -0.39 is 17.2 Å². The smallest absolute Gasteiger partial charge is 0.381 e. The number of rotatable bonds is 4. The normalized spacial score (nSPS) is 16.9. The van der Waals surface area contributed by atoms with Crippen LogP contribution in [-0.2, 0) is 21.9 Å². The molecule has 0 aliphatic carbocycles. The number of hydrogen-bond donors (Lipinski definition) is 2. The predicted molar refractivity (Wildman–Crippen MR) is 115 cm³/mol. The highest BCUT2D eigenvalue weighted by Crippen LogP contribution is 2.38. The van der Waals surface area contributed by atoms with E-state index in [0.29, 0.717) is 49.2 Å². The molecule has 0 unspecified atom stereocenters. The minimum atomic E-state index is -4.42. The summed E-state index contributed by atoms with van der Waals surface area (Å²) in [6.07, 6.45) is -1.83. The fraction of sp³-hybridized carbons (Fsp3) is 0.500. The molecule has 7 nitrogen and oxygen atoms in total. The van der Waals surface area contributed by atoms with Crippen LogP contribution in [0, 0.1) is 0 Å². The quantitative estimate of drug-likeness (QED) is 0.628. The van der Waals surface area contributed by atoms with Gasteiger partial charge in [-0.05, 0) is 45.2 Å². The Balaban J connectivity index is 1.68. The van der Waals surface area contributed by atoms with Gasteiger partial charge in [0.05, 0.1) is 17.3 Å². The summed E-state index contributed by atoms with van der Waals surface area (Å²) >= 11 is 0. The van der Waals surface area contributed by atoms with Crippen molar-refractivity contribution in [1.82, 2.24) is 19.7 Å². The largest absolute Gasteiger partial charge is 0.416 e. The number of alkyl halides is 3.